The van der Waals surface area contributed by atoms with Crippen LogP contribution in [0.1, 0.15) is 42.4 Å². The highest BCUT2D eigenvalue weighted by Crippen LogP contribution is 2.48. The third-order valence-corrected chi connectivity index (χ3v) is 10.1. The Labute approximate surface area is 230 Å². The fourth-order valence-electron chi connectivity index (χ4n) is 4.84. The van der Waals surface area contributed by atoms with Crippen molar-refractivity contribution in [2.45, 2.75) is 35.4 Å². The highest BCUT2D eigenvalue weighted by Gasteiger charge is 2.57. The lowest BCUT2D eigenvalue weighted by Crippen LogP contribution is -2.47. The van der Waals surface area contributed by atoms with E-state index in [1.165, 1.54) is 37.5 Å². The minimum Gasteiger partial charge on any atom is -0.622 e. The predicted molar refractivity (Wildman–Crippen MR) is 147 cm³/mol. The van der Waals surface area contributed by atoms with Gasteiger partial charge in [-0.05, 0) is 54.7 Å². The molecular formula is C27H24Cl2N4O4S. The Morgan fingerprint density at radius 3 is 2.68 bits per heavy atom. The van der Waals surface area contributed by atoms with Gasteiger partial charge in [-0.1, -0.05) is 41.4 Å². The zero-order valence-electron chi connectivity index (χ0n) is 20.3. The second kappa shape index (κ2) is 10.1. The Bertz CT molecular complexity index is 1590. The number of hydrogen-bond acceptors (Lipinski definition) is 6. The molecule has 1 N–H and O–H groups in total. The van der Waals surface area contributed by atoms with E-state index in [-0.39, 0.29) is 44.8 Å². The Morgan fingerprint density at radius 2 is 1.95 bits per heavy atom. The minimum absolute atomic E-state index is 0.0334. The van der Waals surface area contributed by atoms with E-state index < -0.39 is 14.7 Å². The van der Waals surface area contributed by atoms with E-state index in [0.29, 0.717) is 21.6 Å². The molecule has 2 aromatic carbocycles. The van der Waals surface area contributed by atoms with Gasteiger partial charge in [-0.3, -0.25) is 14.8 Å². The molecule has 38 heavy (non-hydrogen) atoms. The van der Waals surface area contributed by atoms with Gasteiger partial charge in [0.05, 0.1) is 38.0 Å². The van der Waals surface area contributed by atoms with Crippen LogP contribution in [0.25, 0.3) is 0 Å². The zero-order valence-corrected chi connectivity index (χ0v) is 22.7. The predicted octanol–water partition coefficient (Wildman–Crippen LogP) is 4.99. The molecule has 8 nitrogen and oxygen atoms in total. The Kier molecular flexibility index (Phi) is 7.02. The quantitative estimate of drug-likeness (QED) is 0.317. The Hall–Kier alpha value is -3.27. The number of para-hydroxylation sites is 1. The Balaban J connectivity index is 1.82. The van der Waals surface area contributed by atoms with E-state index >= 15 is 0 Å². The average Bonchev–Trinajstić information content (AvgIpc) is 3.73. The maximum atomic E-state index is 14.6. The van der Waals surface area contributed by atoms with Crippen LogP contribution < -0.4 is 5.32 Å². The largest absolute Gasteiger partial charge is 0.622 e. The zero-order chi connectivity index (χ0) is 27.1. The molecule has 1 aliphatic carbocycles. The van der Waals surface area contributed by atoms with E-state index in [1.807, 2.05) is 0 Å². The van der Waals surface area contributed by atoms with E-state index in [1.54, 1.807) is 36.5 Å². The standard InChI is InChI=1S/C27H24Cl2N4O4S/c1-17(34)31-13-21(18-9-10-18)20-11-12-30-14-22(20)27(38(36,37)25-8-4-6-23(28)26(25)29)16-32-24-7-3-2-5-19(24)15-33(27)35/h2-8,11-12,14-16,18,21H,9-10,13H2,1H3,(H,31,34)/t21-,27+/m1/s1. The number of sulfone groups is 1. The first kappa shape index (κ1) is 26.3. The first-order valence-electron chi connectivity index (χ1n) is 12.0. The summed E-state index contributed by atoms with van der Waals surface area (Å²) in [6.45, 7) is 1.71. The minimum atomic E-state index is -4.62. The van der Waals surface area contributed by atoms with E-state index in [9.17, 15) is 18.4 Å². The summed E-state index contributed by atoms with van der Waals surface area (Å²) >= 11 is 12.6. The number of fused-ring (bicyclic) bond motifs is 1. The van der Waals surface area contributed by atoms with Gasteiger partial charge in [-0.2, -0.15) is 4.74 Å². The number of nitrogens with zero attached hydrogens (tertiary/aromatic N) is 3. The fourth-order valence-corrected chi connectivity index (χ4v) is 7.38. The molecule has 196 valence electrons. The Morgan fingerprint density at radius 1 is 1.18 bits per heavy atom. The molecule has 1 aliphatic heterocycles. The first-order chi connectivity index (χ1) is 18.2. The van der Waals surface area contributed by atoms with Crippen molar-refractivity contribution in [1.82, 2.24) is 10.3 Å². The second-order valence-electron chi connectivity index (χ2n) is 9.37. The highest BCUT2D eigenvalue weighted by molar-refractivity contribution is 7.93. The molecule has 2 atom stereocenters. The third kappa shape index (κ3) is 4.48. The van der Waals surface area contributed by atoms with Gasteiger partial charge in [0.1, 0.15) is 0 Å². The summed E-state index contributed by atoms with van der Waals surface area (Å²) in [6.07, 6.45) is 7.13. The number of nitrogens with one attached hydrogen (secondary N) is 1. The SMILES string of the molecule is CC(=O)NC[C@@H](c1ccncc1[C@@]1(S(=O)(=O)c2cccc(Cl)c2Cl)C=Nc2ccccc2C=[N+]1[O-])C1CC1. The van der Waals surface area contributed by atoms with Gasteiger partial charge in [0, 0.05) is 31.8 Å². The number of carbonyl (C=O) groups is 1. The number of benzene rings is 2. The molecule has 2 aliphatic rings. The molecule has 11 heteroatoms. The molecule has 2 heterocycles. The van der Waals surface area contributed by atoms with Crippen molar-refractivity contribution in [3.8, 4) is 0 Å². The highest BCUT2D eigenvalue weighted by atomic mass is 35.5. The maximum Gasteiger partial charge on any atom is 0.339 e. The van der Waals surface area contributed by atoms with Crippen LogP contribution in [0.15, 0.2) is 70.8 Å². The normalized spacial score (nSPS) is 19.7. The third-order valence-electron chi connectivity index (χ3n) is 6.92. The molecule has 1 saturated carbocycles. The number of aromatic nitrogens is 1. The molecule has 1 aromatic heterocycles. The van der Waals surface area contributed by atoms with E-state index in [0.717, 1.165) is 19.1 Å². The molecule has 0 unspecified atom stereocenters. The van der Waals surface area contributed by atoms with Crippen LogP contribution in [0.4, 0.5) is 5.69 Å². The van der Waals surface area contributed by atoms with Gasteiger partial charge in [-0.25, -0.2) is 8.42 Å². The summed E-state index contributed by atoms with van der Waals surface area (Å²) in [7, 11) is -4.62. The van der Waals surface area contributed by atoms with Gasteiger partial charge in [0.15, 0.2) is 6.21 Å². The van der Waals surface area contributed by atoms with Gasteiger partial charge in [0.2, 0.25) is 5.91 Å². The number of carbonyl (C=O) groups excluding carboxylic acids is 1. The monoisotopic (exact) mass is 570 g/mol. The molecule has 0 bridgehead atoms. The fraction of sp³-hybridized carbons (Fsp3) is 0.259. The van der Waals surface area contributed by atoms with Crippen LogP contribution in [0.2, 0.25) is 10.0 Å². The van der Waals surface area contributed by atoms with Crippen LogP contribution in [0, 0.1) is 11.1 Å². The molecule has 0 spiro atoms. The lowest BCUT2D eigenvalue weighted by atomic mass is 9.88. The van der Waals surface area contributed by atoms with Crippen LogP contribution in [-0.4, -0.2) is 43.0 Å². The lowest BCUT2D eigenvalue weighted by molar-refractivity contribution is -0.499. The smallest absolute Gasteiger partial charge is 0.339 e. The van der Waals surface area contributed by atoms with E-state index in [2.05, 4.69) is 15.3 Å². The summed E-state index contributed by atoms with van der Waals surface area (Å²) in [5.41, 5.74) is 1.62. The van der Waals surface area contributed by atoms with Crippen molar-refractivity contribution in [2.24, 2.45) is 10.9 Å². The van der Waals surface area contributed by atoms with Crippen LogP contribution in [0.5, 0.6) is 0 Å². The van der Waals surface area contributed by atoms with Gasteiger partial charge in [0.25, 0.3) is 9.84 Å². The summed E-state index contributed by atoms with van der Waals surface area (Å²) in [6, 6.07) is 12.8. The number of rotatable bonds is 7. The van der Waals surface area contributed by atoms with Crippen molar-refractivity contribution < 1.29 is 18.0 Å². The summed E-state index contributed by atoms with van der Waals surface area (Å²) in [4.78, 5) is 17.8. The number of pyridine rings is 1. The molecule has 0 saturated heterocycles. The maximum absolute atomic E-state index is 14.6. The molecule has 3 aromatic rings. The molecule has 0 radical (unpaired) electrons. The topological polar surface area (TPSA) is 115 Å². The number of hydroxylamine groups is 1. The lowest BCUT2D eigenvalue weighted by Gasteiger charge is -2.31. The van der Waals surface area contributed by atoms with Crippen LogP contribution in [-0.2, 0) is 19.5 Å². The summed E-state index contributed by atoms with van der Waals surface area (Å²) in [5, 5.41) is 16.8. The van der Waals surface area contributed by atoms with Crippen molar-refractivity contribution >= 4 is 57.1 Å². The van der Waals surface area contributed by atoms with E-state index in [4.69, 9.17) is 23.2 Å². The van der Waals surface area contributed by atoms with Gasteiger partial charge >= 0.3 is 4.87 Å². The average molecular weight is 571 g/mol. The molecule has 5 rings (SSSR count). The summed E-state index contributed by atoms with van der Waals surface area (Å²) < 4.78 is 29.7. The van der Waals surface area contributed by atoms with Crippen molar-refractivity contribution in [3.63, 3.8) is 0 Å². The first-order valence-corrected chi connectivity index (χ1v) is 14.2. The second-order valence-corrected chi connectivity index (χ2v) is 12.2. The molecule has 1 fully saturated rings. The number of hydrogen-bond donors (Lipinski definition) is 1. The molecule has 1 amide bonds. The number of halogens is 2. The van der Waals surface area contributed by atoms with Crippen molar-refractivity contribution in [1.29, 1.82) is 0 Å². The van der Waals surface area contributed by atoms with Crippen molar-refractivity contribution in [3.05, 3.63) is 92.9 Å². The van der Waals surface area contributed by atoms with Crippen LogP contribution >= 0.6 is 23.2 Å². The van der Waals surface area contributed by atoms with Crippen molar-refractivity contribution in [2.75, 3.05) is 6.54 Å². The molecular weight excluding hydrogens is 547 g/mol. The van der Waals surface area contributed by atoms with Gasteiger partial charge in [-0.15, -0.1) is 0 Å². The number of amides is 1. The summed E-state index contributed by atoms with van der Waals surface area (Å²) in [5.74, 6) is -0.239. The van der Waals surface area contributed by atoms with Crippen LogP contribution in [0.3, 0.4) is 0 Å². The number of aliphatic imine (C=N–C) groups is 1. The van der Waals surface area contributed by atoms with Gasteiger partial charge < -0.3 is 10.5 Å².